The molecule has 0 spiro atoms. The minimum Gasteiger partial charge on any atom is -0.192 e. The van der Waals surface area contributed by atoms with E-state index >= 15 is 0 Å². The molecule has 0 aliphatic rings. The summed E-state index contributed by atoms with van der Waals surface area (Å²) in [5.74, 6) is 1.68. The average Bonchev–Trinajstić information content (AvgIpc) is 2.73. The maximum absolute atomic E-state index is 9.15. The highest BCUT2D eigenvalue weighted by Crippen LogP contribution is 2.27. The molecule has 2 nitrogen and oxygen atoms in total. The summed E-state index contributed by atoms with van der Waals surface area (Å²) in [6.07, 6.45) is 0. The Hall–Kier alpha value is -2.58. The van der Waals surface area contributed by atoms with E-state index in [1.165, 1.54) is 22.3 Å². The summed E-state index contributed by atoms with van der Waals surface area (Å²) in [4.78, 5) is 0. The molecule has 0 N–H and O–H groups in total. The van der Waals surface area contributed by atoms with Crippen LogP contribution in [0, 0.1) is 22.7 Å². The van der Waals surface area contributed by atoms with E-state index in [1.807, 2.05) is 26.0 Å². The van der Waals surface area contributed by atoms with Gasteiger partial charge in [-0.05, 0) is 45.9 Å². The Kier molecular flexibility index (Phi) is 12.4. The van der Waals surface area contributed by atoms with Crippen LogP contribution in [-0.4, -0.2) is 0 Å². The highest BCUT2D eigenvalue weighted by Gasteiger charge is 2.13. The highest BCUT2D eigenvalue weighted by atomic mass is 14.3. The third-order valence-corrected chi connectivity index (χ3v) is 4.97. The summed E-state index contributed by atoms with van der Waals surface area (Å²) in [5, 5.41) is 18.3. The monoisotopic (exact) mass is 404 g/mol. The van der Waals surface area contributed by atoms with Crippen molar-refractivity contribution in [2.24, 2.45) is 0 Å². The highest BCUT2D eigenvalue weighted by molar-refractivity contribution is 5.48. The standard InChI is InChI=1S/2C13H17N.C2H6/c2*1-9(2)11-6-5-7-12(10(3)4)13(11)8-14;1-2/h2*5-7,9-10H,1-4H3;1-2H3. The van der Waals surface area contributed by atoms with Crippen molar-refractivity contribution >= 4 is 0 Å². The Bertz CT molecular complexity index is 733. The van der Waals surface area contributed by atoms with E-state index in [1.54, 1.807) is 0 Å². The lowest BCUT2D eigenvalue weighted by molar-refractivity contribution is 0.827. The summed E-state index contributed by atoms with van der Waals surface area (Å²) in [6.45, 7) is 21.0. The van der Waals surface area contributed by atoms with Crippen LogP contribution in [0.2, 0.25) is 0 Å². The molecule has 0 aromatic heterocycles. The summed E-state index contributed by atoms with van der Waals surface area (Å²) in [5.41, 5.74) is 6.41. The zero-order valence-electron chi connectivity index (χ0n) is 20.7. The van der Waals surface area contributed by atoms with Crippen LogP contribution in [-0.2, 0) is 0 Å². The molecule has 0 unspecified atom stereocenters. The van der Waals surface area contributed by atoms with Gasteiger partial charge in [-0.15, -0.1) is 0 Å². The van der Waals surface area contributed by atoms with Crippen molar-refractivity contribution in [3.63, 3.8) is 0 Å². The molecule has 0 atom stereocenters. The minimum atomic E-state index is 0.420. The molecule has 0 aliphatic heterocycles. The Morgan fingerprint density at radius 1 is 0.500 bits per heavy atom. The Labute approximate surface area is 185 Å². The minimum absolute atomic E-state index is 0.420. The quantitative estimate of drug-likeness (QED) is 0.512. The first-order chi connectivity index (χ1) is 14.1. The largest absolute Gasteiger partial charge is 0.192 e. The normalized spacial score (nSPS) is 10.1. The molecule has 0 heterocycles. The molecule has 0 radical (unpaired) electrons. The van der Waals surface area contributed by atoms with Crippen molar-refractivity contribution < 1.29 is 0 Å². The van der Waals surface area contributed by atoms with Gasteiger partial charge in [-0.2, -0.15) is 10.5 Å². The summed E-state index contributed by atoms with van der Waals surface area (Å²) >= 11 is 0. The van der Waals surface area contributed by atoms with Gasteiger partial charge in [0, 0.05) is 0 Å². The van der Waals surface area contributed by atoms with Gasteiger partial charge in [-0.3, -0.25) is 0 Å². The molecule has 0 saturated heterocycles. The lowest BCUT2D eigenvalue weighted by Gasteiger charge is -2.14. The number of nitriles is 2. The Balaban J connectivity index is 0.000000518. The molecule has 30 heavy (non-hydrogen) atoms. The van der Waals surface area contributed by atoms with Crippen LogP contribution in [0.15, 0.2) is 36.4 Å². The molecular weight excluding hydrogens is 364 g/mol. The van der Waals surface area contributed by atoms with Gasteiger partial charge in [0.05, 0.1) is 23.3 Å². The van der Waals surface area contributed by atoms with Crippen LogP contribution < -0.4 is 0 Å². The van der Waals surface area contributed by atoms with Gasteiger partial charge in [0.25, 0.3) is 0 Å². The second-order valence-electron chi connectivity index (χ2n) is 8.47. The fourth-order valence-electron chi connectivity index (χ4n) is 3.36. The number of rotatable bonds is 4. The molecule has 2 rings (SSSR count). The molecule has 0 saturated carbocycles. The molecular formula is C28H40N2. The first kappa shape index (κ1) is 27.4. The molecule has 0 amide bonds. The van der Waals surface area contributed by atoms with E-state index in [0.29, 0.717) is 23.7 Å². The fraction of sp³-hybridized carbons (Fsp3) is 0.500. The van der Waals surface area contributed by atoms with E-state index in [2.05, 4.69) is 91.8 Å². The van der Waals surface area contributed by atoms with Gasteiger partial charge in [0.15, 0.2) is 0 Å². The van der Waals surface area contributed by atoms with Gasteiger partial charge < -0.3 is 0 Å². The van der Waals surface area contributed by atoms with Crippen molar-refractivity contribution in [3.05, 3.63) is 69.8 Å². The van der Waals surface area contributed by atoms with Crippen molar-refractivity contribution in [2.75, 3.05) is 0 Å². The van der Waals surface area contributed by atoms with Crippen LogP contribution in [0.25, 0.3) is 0 Å². The first-order valence-electron chi connectivity index (χ1n) is 11.2. The van der Waals surface area contributed by atoms with Crippen LogP contribution in [0.1, 0.15) is 126 Å². The molecule has 0 bridgehead atoms. The molecule has 162 valence electrons. The lowest BCUT2D eigenvalue weighted by atomic mass is 9.89. The van der Waals surface area contributed by atoms with Gasteiger partial charge in [0.2, 0.25) is 0 Å². The van der Waals surface area contributed by atoms with E-state index < -0.39 is 0 Å². The van der Waals surface area contributed by atoms with Crippen molar-refractivity contribution in [1.29, 1.82) is 10.5 Å². The Morgan fingerprint density at radius 3 is 0.833 bits per heavy atom. The maximum atomic E-state index is 9.15. The predicted molar refractivity (Wildman–Crippen MR) is 130 cm³/mol. The first-order valence-corrected chi connectivity index (χ1v) is 11.2. The lowest BCUT2D eigenvalue weighted by Crippen LogP contribution is -1.99. The van der Waals surface area contributed by atoms with Crippen molar-refractivity contribution in [3.8, 4) is 12.1 Å². The zero-order valence-corrected chi connectivity index (χ0v) is 20.7. The van der Waals surface area contributed by atoms with Gasteiger partial charge in [0.1, 0.15) is 0 Å². The number of hydrogen-bond acceptors (Lipinski definition) is 2. The summed E-state index contributed by atoms with van der Waals surface area (Å²) in [7, 11) is 0. The van der Waals surface area contributed by atoms with Crippen LogP contribution in [0.4, 0.5) is 0 Å². The smallest absolute Gasteiger partial charge is 0.0997 e. The van der Waals surface area contributed by atoms with Crippen LogP contribution in [0.3, 0.4) is 0 Å². The Morgan fingerprint density at radius 2 is 0.700 bits per heavy atom. The van der Waals surface area contributed by atoms with E-state index in [4.69, 9.17) is 10.5 Å². The molecule has 2 aromatic carbocycles. The summed E-state index contributed by atoms with van der Waals surface area (Å²) < 4.78 is 0. The van der Waals surface area contributed by atoms with Gasteiger partial charge in [-0.25, -0.2) is 0 Å². The van der Waals surface area contributed by atoms with Crippen LogP contribution >= 0.6 is 0 Å². The number of benzene rings is 2. The zero-order chi connectivity index (χ0) is 23.4. The fourth-order valence-corrected chi connectivity index (χ4v) is 3.36. The summed E-state index contributed by atoms with van der Waals surface area (Å²) in [6, 6.07) is 17.0. The van der Waals surface area contributed by atoms with Gasteiger partial charge >= 0.3 is 0 Å². The second-order valence-corrected chi connectivity index (χ2v) is 8.47. The van der Waals surface area contributed by atoms with Gasteiger partial charge in [-0.1, -0.05) is 106 Å². The number of hydrogen-bond donors (Lipinski definition) is 0. The maximum Gasteiger partial charge on any atom is 0.0997 e. The van der Waals surface area contributed by atoms with E-state index in [9.17, 15) is 0 Å². The van der Waals surface area contributed by atoms with Crippen LogP contribution in [0.5, 0.6) is 0 Å². The second kappa shape index (κ2) is 13.6. The SMILES string of the molecule is CC.CC(C)c1cccc(C(C)C)c1C#N.CC(C)c1cccc(C(C)C)c1C#N. The predicted octanol–water partition coefficient (Wildman–Crippen LogP) is 8.64. The topological polar surface area (TPSA) is 47.6 Å². The van der Waals surface area contributed by atoms with Crippen molar-refractivity contribution in [1.82, 2.24) is 0 Å². The average molecular weight is 405 g/mol. The third-order valence-electron chi connectivity index (χ3n) is 4.97. The molecule has 2 aromatic rings. The van der Waals surface area contributed by atoms with E-state index in [0.717, 1.165) is 11.1 Å². The molecule has 0 aliphatic carbocycles. The van der Waals surface area contributed by atoms with E-state index in [-0.39, 0.29) is 0 Å². The van der Waals surface area contributed by atoms with Crippen molar-refractivity contribution in [2.45, 2.75) is 92.9 Å². The molecule has 0 fully saturated rings. The number of nitrogens with zero attached hydrogens (tertiary/aromatic N) is 2. The molecule has 2 heteroatoms. The third kappa shape index (κ3) is 7.35.